The lowest BCUT2D eigenvalue weighted by Crippen LogP contribution is -2.59. The quantitative estimate of drug-likeness (QED) is 0.187. The van der Waals surface area contributed by atoms with E-state index in [9.17, 15) is 33.0 Å². The highest BCUT2D eigenvalue weighted by atomic mass is 19.4. The molecule has 7 nitrogen and oxygen atoms in total. The number of β-amino-alcohol motifs (C(OH)–C–C–N with tert-alkyl or cyclic N) is 1. The summed E-state index contributed by atoms with van der Waals surface area (Å²) in [5.41, 5.74) is 0.571. The number of hydrogen-bond acceptors (Lipinski definition) is 6. The summed E-state index contributed by atoms with van der Waals surface area (Å²) in [5.74, 6) is -0.713. The van der Waals surface area contributed by atoms with E-state index in [4.69, 9.17) is 0 Å². The van der Waals surface area contributed by atoms with E-state index in [1.54, 1.807) is 6.07 Å². The molecule has 2 heterocycles. The number of carbonyl (C=O) groups excluding carboxylic acids is 2. The van der Waals surface area contributed by atoms with Gasteiger partial charge < -0.3 is 25.3 Å². The number of para-hydroxylation sites is 1. The van der Waals surface area contributed by atoms with Crippen LogP contribution in [-0.2, 0) is 17.4 Å². The lowest BCUT2D eigenvalue weighted by Gasteiger charge is -2.49. The van der Waals surface area contributed by atoms with Gasteiger partial charge in [-0.1, -0.05) is 61.0 Å². The number of hydrogen-bond donors (Lipinski definition) is 3. The topological polar surface area (TPSA) is 93.1 Å². The summed E-state index contributed by atoms with van der Waals surface area (Å²) in [5, 5.41) is 26.8. The van der Waals surface area contributed by atoms with Crippen molar-refractivity contribution in [1.82, 2.24) is 10.2 Å². The number of nitrogens with one attached hydrogen (secondary N) is 1. The van der Waals surface area contributed by atoms with E-state index in [0.717, 1.165) is 28.9 Å². The molecule has 1 saturated carbocycles. The van der Waals surface area contributed by atoms with Crippen LogP contribution >= 0.6 is 0 Å². The van der Waals surface area contributed by atoms with Gasteiger partial charge in [-0.3, -0.25) is 9.59 Å². The van der Waals surface area contributed by atoms with Crippen LogP contribution < -0.4 is 10.2 Å². The lowest BCUT2D eigenvalue weighted by molar-refractivity contribution is -0.137. The van der Waals surface area contributed by atoms with Crippen molar-refractivity contribution in [2.45, 2.75) is 101 Å². The van der Waals surface area contributed by atoms with E-state index < -0.39 is 40.2 Å². The summed E-state index contributed by atoms with van der Waals surface area (Å²) >= 11 is 0. The van der Waals surface area contributed by atoms with Gasteiger partial charge in [-0.2, -0.15) is 13.2 Å². The predicted molar refractivity (Wildman–Crippen MR) is 199 cm³/mol. The van der Waals surface area contributed by atoms with Crippen molar-refractivity contribution in [2.24, 2.45) is 5.41 Å². The zero-order chi connectivity index (χ0) is 37.6. The molecule has 282 valence electrons. The summed E-state index contributed by atoms with van der Waals surface area (Å²) in [4.78, 5) is 32.1. The monoisotopic (exact) mass is 729 g/mol. The molecular weight excluding hydrogens is 679 g/mol. The van der Waals surface area contributed by atoms with Crippen LogP contribution in [0.2, 0.25) is 0 Å². The van der Waals surface area contributed by atoms with E-state index in [1.165, 1.54) is 17.7 Å². The molecule has 1 amide bonds. The smallest absolute Gasteiger partial charge is 0.393 e. The highest BCUT2D eigenvalue weighted by Crippen LogP contribution is 2.59. The molecule has 2 aliphatic heterocycles. The van der Waals surface area contributed by atoms with Crippen LogP contribution in [0, 0.1) is 5.41 Å². The second kappa shape index (κ2) is 14.3. The van der Waals surface area contributed by atoms with Crippen molar-refractivity contribution < 1.29 is 33.0 Å². The van der Waals surface area contributed by atoms with Crippen LogP contribution in [0.3, 0.4) is 0 Å². The standard InChI is InChI=1S/C43H50F3N3O4/c1-29-8-7-18-40(2)37(17-19-42(40,53)27-48-22-20-41(21-23-48)39(52)47-28-49(41)33-11-4-3-5-12-33)35-16-14-30(24-34(50)15-13-29)25-36(35)38(51)31-9-6-10-32(26-31)43(44,45)46/h3-6,8-12,14,16,25-26,34,37,50,53H,7,13,15,17-24,27-28H2,1-2H3,(H,47,52). The van der Waals surface area contributed by atoms with Gasteiger partial charge in [-0.05, 0) is 112 Å². The minimum atomic E-state index is -4.60. The Morgan fingerprint density at radius 3 is 2.45 bits per heavy atom. The molecule has 4 atom stereocenters. The Labute approximate surface area is 309 Å². The summed E-state index contributed by atoms with van der Waals surface area (Å²) in [6, 6.07) is 20.1. The van der Waals surface area contributed by atoms with Crippen molar-refractivity contribution in [3.8, 4) is 0 Å². The van der Waals surface area contributed by atoms with E-state index in [1.807, 2.05) is 42.5 Å². The molecule has 8 rings (SSSR count). The van der Waals surface area contributed by atoms with Crippen molar-refractivity contribution in [3.05, 3.63) is 112 Å². The molecule has 5 aliphatic rings. The molecule has 3 aromatic rings. The Bertz CT molecular complexity index is 1870. The van der Waals surface area contributed by atoms with Crippen molar-refractivity contribution in [3.63, 3.8) is 0 Å². The van der Waals surface area contributed by atoms with Crippen LogP contribution in [0.25, 0.3) is 0 Å². The second-order valence-corrected chi connectivity index (χ2v) is 16.1. The number of fused-ring (bicyclic) bond motifs is 8. The number of benzene rings is 3. The van der Waals surface area contributed by atoms with Gasteiger partial charge >= 0.3 is 6.18 Å². The molecule has 3 aromatic carbocycles. The first-order chi connectivity index (χ1) is 25.2. The fourth-order valence-corrected chi connectivity index (χ4v) is 9.67. The number of amides is 1. The minimum Gasteiger partial charge on any atom is -0.393 e. The first-order valence-corrected chi connectivity index (χ1v) is 19.0. The molecule has 2 saturated heterocycles. The molecule has 0 aromatic heterocycles. The highest BCUT2D eigenvalue weighted by molar-refractivity contribution is 6.10. The third-order valence-corrected chi connectivity index (χ3v) is 12.9. The minimum absolute atomic E-state index is 0.0368. The fourth-order valence-electron chi connectivity index (χ4n) is 9.67. The molecule has 10 heteroatoms. The SMILES string of the molecule is CC1=CCCC2(C)C(CCC2(O)CN2CCC3(CC2)C(=O)NCN3c2ccccc2)c2ccc(cc2C(=O)c2cccc(C(F)(F)F)c2)CC(O)CC1. The molecule has 1 spiro atoms. The molecule has 53 heavy (non-hydrogen) atoms. The van der Waals surface area contributed by atoms with Gasteiger partial charge in [0.2, 0.25) is 5.91 Å². The molecular formula is C43H50F3N3O4. The van der Waals surface area contributed by atoms with Crippen LogP contribution in [0.4, 0.5) is 18.9 Å². The Hall–Kier alpha value is -3.99. The Kier molecular flexibility index (Phi) is 10.1. The Morgan fingerprint density at radius 1 is 0.962 bits per heavy atom. The number of piperidine rings is 1. The van der Waals surface area contributed by atoms with Gasteiger partial charge in [0.25, 0.3) is 0 Å². The third kappa shape index (κ3) is 7.06. The van der Waals surface area contributed by atoms with Crippen LogP contribution in [0.5, 0.6) is 0 Å². The molecule has 3 aliphatic carbocycles. The summed E-state index contributed by atoms with van der Waals surface area (Å²) in [6.45, 7) is 6.32. The summed E-state index contributed by atoms with van der Waals surface area (Å²) < 4.78 is 41.2. The number of rotatable bonds is 5. The maximum Gasteiger partial charge on any atom is 0.416 e. The van der Waals surface area contributed by atoms with E-state index >= 15 is 0 Å². The number of likely N-dealkylation sites (tertiary alicyclic amines) is 1. The average Bonchev–Trinajstić information content (AvgIpc) is 3.59. The maximum absolute atomic E-state index is 14.3. The van der Waals surface area contributed by atoms with Gasteiger partial charge in [0.1, 0.15) is 5.54 Å². The van der Waals surface area contributed by atoms with Gasteiger partial charge in [0.15, 0.2) is 5.78 Å². The number of alkyl halides is 3. The lowest BCUT2D eigenvalue weighted by atomic mass is 9.64. The van der Waals surface area contributed by atoms with Crippen molar-refractivity contribution >= 4 is 17.4 Å². The predicted octanol–water partition coefficient (Wildman–Crippen LogP) is 7.40. The fraction of sp³-hybridized carbons (Fsp3) is 0.488. The number of aliphatic hydroxyl groups excluding tert-OH is 1. The highest BCUT2D eigenvalue weighted by Gasteiger charge is 2.58. The largest absolute Gasteiger partial charge is 0.416 e. The number of ketones is 1. The van der Waals surface area contributed by atoms with Crippen LogP contribution in [0.1, 0.15) is 104 Å². The Balaban J connectivity index is 1.21. The zero-order valence-corrected chi connectivity index (χ0v) is 30.6. The number of carbonyl (C=O) groups is 2. The molecule has 3 fully saturated rings. The number of aliphatic hydroxyl groups is 2. The van der Waals surface area contributed by atoms with E-state index in [-0.39, 0.29) is 17.4 Å². The van der Waals surface area contributed by atoms with Crippen molar-refractivity contribution in [1.29, 1.82) is 0 Å². The van der Waals surface area contributed by atoms with Crippen LogP contribution in [-0.4, -0.2) is 70.4 Å². The van der Waals surface area contributed by atoms with Crippen molar-refractivity contribution in [2.75, 3.05) is 31.2 Å². The van der Waals surface area contributed by atoms with Gasteiger partial charge in [0.05, 0.1) is 23.9 Å². The van der Waals surface area contributed by atoms with Gasteiger partial charge in [0, 0.05) is 41.9 Å². The maximum atomic E-state index is 14.3. The average molecular weight is 730 g/mol. The third-order valence-electron chi connectivity index (χ3n) is 12.9. The zero-order valence-electron chi connectivity index (χ0n) is 30.6. The molecule has 0 radical (unpaired) electrons. The molecule has 3 N–H and O–H groups in total. The van der Waals surface area contributed by atoms with Crippen LogP contribution in [0.15, 0.2) is 84.4 Å². The van der Waals surface area contributed by atoms with E-state index in [2.05, 4.69) is 35.0 Å². The van der Waals surface area contributed by atoms with Gasteiger partial charge in [-0.15, -0.1) is 0 Å². The normalized spacial score (nSPS) is 28.0. The molecule has 4 unspecified atom stereocenters. The first-order valence-electron chi connectivity index (χ1n) is 19.0. The second-order valence-electron chi connectivity index (χ2n) is 16.1. The Morgan fingerprint density at radius 2 is 1.72 bits per heavy atom. The number of halogens is 3. The van der Waals surface area contributed by atoms with Gasteiger partial charge in [-0.25, -0.2) is 0 Å². The number of allylic oxidation sites excluding steroid dienone is 2. The summed E-state index contributed by atoms with van der Waals surface area (Å²) in [7, 11) is 0. The molecule has 2 bridgehead atoms. The van der Waals surface area contributed by atoms with E-state index in [0.29, 0.717) is 89.7 Å². The first kappa shape index (κ1) is 37.3. The number of anilines is 1. The summed E-state index contributed by atoms with van der Waals surface area (Å²) in [6.07, 6.45) is 2.19. The number of nitrogens with zero attached hydrogens (tertiary/aromatic N) is 2.